The molecule has 0 saturated heterocycles. The second-order valence-electron chi connectivity index (χ2n) is 5.29. The Morgan fingerprint density at radius 3 is 2.76 bits per heavy atom. The molecule has 0 unspecified atom stereocenters. The number of para-hydroxylation sites is 2. The molecule has 0 N–H and O–H groups in total. The Bertz CT molecular complexity index is 903. The molecule has 0 saturated carbocycles. The predicted molar refractivity (Wildman–Crippen MR) is 95.6 cm³/mol. The lowest BCUT2D eigenvalue weighted by atomic mass is 10.2. The van der Waals surface area contributed by atoms with Crippen LogP contribution in [0.5, 0.6) is 11.5 Å². The van der Waals surface area contributed by atoms with E-state index in [1.807, 2.05) is 30.3 Å². The number of ether oxygens (including phenoxy) is 2. The molecule has 0 bridgehead atoms. The molecular formula is C17H12Cl2N2O3S. The number of benzene rings is 2. The van der Waals surface area contributed by atoms with Gasteiger partial charge in [0.1, 0.15) is 6.61 Å². The van der Waals surface area contributed by atoms with Crippen molar-refractivity contribution in [3.05, 3.63) is 64.0 Å². The molecule has 0 aliphatic carbocycles. The highest BCUT2D eigenvalue weighted by atomic mass is 35.5. The summed E-state index contributed by atoms with van der Waals surface area (Å²) in [5.74, 6) is 2.37. The van der Waals surface area contributed by atoms with E-state index in [9.17, 15) is 0 Å². The van der Waals surface area contributed by atoms with Crippen LogP contribution in [0.3, 0.4) is 0 Å². The summed E-state index contributed by atoms with van der Waals surface area (Å²) >= 11 is 13.5. The Labute approximate surface area is 158 Å². The Morgan fingerprint density at radius 1 is 1.08 bits per heavy atom. The van der Waals surface area contributed by atoms with Gasteiger partial charge in [-0.1, -0.05) is 53.2 Å². The molecule has 128 valence electrons. The third kappa shape index (κ3) is 3.71. The lowest BCUT2D eigenvalue weighted by molar-refractivity contribution is 0.0686. The fourth-order valence-corrected chi connectivity index (χ4v) is 3.66. The molecule has 0 amide bonds. The van der Waals surface area contributed by atoms with Gasteiger partial charge in [-0.2, -0.15) is 0 Å². The molecule has 1 aliphatic heterocycles. The second kappa shape index (κ2) is 7.15. The third-order valence-corrected chi connectivity index (χ3v) is 5.03. The quantitative estimate of drug-likeness (QED) is 0.568. The van der Waals surface area contributed by atoms with Crippen LogP contribution in [0.1, 0.15) is 17.6 Å². The van der Waals surface area contributed by atoms with E-state index in [0.717, 1.165) is 5.56 Å². The Balaban J connectivity index is 1.42. The van der Waals surface area contributed by atoms with Crippen molar-refractivity contribution < 1.29 is 13.9 Å². The molecule has 2 aromatic carbocycles. The van der Waals surface area contributed by atoms with Crippen LogP contribution in [0, 0.1) is 0 Å². The normalized spacial score (nSPS) is 16.0. The first-order chi connectivity index (χ1) is 12.2. The maximum Gasteiger partial charge on any atom is 0.277 e. The van der Waals surface area contributed by atoms with Crippen LogP contribution in [0.25, 0.3) is 0 Å². The smallest absolute Gasteiger partial charge is 0.277 e. The minimum absolute atomic E-state index is 0.326. The van der Waals surface area contributed by atoms with Crippen molar-refractivity contribution in [3.8, 4) is 11.5 Å². The zero-order chi connectivity index (χ0) is 17.2. The first kappa shape index (κ1) is 16.6. The molecule has 8 heteroatoms. The molecular weight excluding hydrogens is 383 g/mol. The number of hydrogen-bond donors (Lipinski definition) is 0. The van der Waals surface area contributed by atoms with E-state index in [1.165, 1.54) is 11.8 Å². The fourth-order valence-electron chi connectivity index (χ4n) is 2.33. The average Bonchev–Trinajstić information content (AvgIpc) is 3.09. The number of aromatic nitrogens is 2. The molecule has 1 atom stereocenters. The van der Waals surface area contributed by atoms with Gasteiger partial charge in [0.05, 0.1) is 0 Å². The van der Waals surface area contributed by atoms with Crippen molar-refractivity contribution in [2.24, 2.45) is 0 Å². The van der Waals surface area contributed by atoms with Gasteiger partial charge in [0.2, 0.25) is 6.10 Å². The van der Waals surface area contributed by atoms with Crippen LogP contribution in [0.15, 0.2) is 52.1 Å². The van der Waals surface area contributed by atoms with Gasteiger partial charge < -0.3 is 13.9 Å². The minimum atomic E-state index is -0.420. The first-order valence-electron chi connectivity index (χ1n) is 7.47. The number of rotatable bonds is 4. The third-order valence-electron chi connectivity index (χ3n) is 3.57. The lowest BCUT2D eigenvalue weighted by Crippen LogP contribution is -2.21. The van der Waals surface area contributed by atoms with Gasteiger partial charge in [-0.25, -0.2) is 0 Å². The fraction of sp³-hybridized carbons (Fsp3) is 0.176. The van der Waals surface area contributed by atoms with E-state index in [4.69, 9.17) is 37.1 Å². The average molecular weight is 395 g/mol. The van der Waals surface area contributed by atoms with Crippen molar-refractivity contribution >= 4 is 35.0 Å². The maximum atomic E-state index is 6.17. The van der Waals surface area contributed by atoms with Crippen LogP contribution < -0.4 is 9.47 Å². The van der Waals surface area contributed by atoms with Crippen molar-refractivity contribution in [1.82, 2.24) is 10.2 Å². The highest BCUT2D eigenvalue weighted by Crippen LogP contribution is 2.36. The summed E-state index contributed by atoms with van der Waals surface area (Å²) in [6, 6.07) is 12.9. The van der Waals surface area contributed by atoms with Crippen LogP contribution in [0.2, 0.25) is 10.0 Å². The standard InChI is InChI=1S/C17H12Cl2N2O3S/c18-11-6-5-10(12(19)7-11)9-25-17-21-20-16(24-17)15-8-22-13-3-1-2-4-14(13)23-15/h1-7,15H,8-9H2/t15-/m1/s1. The highest BCUT2D eigenvalue weighted by molar-refractivity contribution is 7.98. The molecule has 0 spiro atoms. The van der Waals surface area contributed by atoms with Crippen LogP contribution in [0.4, 0.5) is 0 Å². The number of fused-ring (bicyclic) bond motifs is 1. The van der Waals surface area contributed by atoms with E-state index in [2.05, 4.69) is 10.2 Å². The number of halogens is 2. The van der Waals surface area contributed by atoms with Crippen molar-refractivity contribution in [3.63, 3.8) is 0 Å². The SMILES string of the molecule is Clc1ccc(CSc2nnc([C@H]3COc4ccccc4O3)o2)c(Cl)c1. The molecule has 0 fully saturated rings. The van der Waals surface area contributed by atoms with Gasteiger partial charge in [0, 0.05) is 15.8 Å². The summed E-state index contributed by atoms with van der Waals surface area (Å²) in [6.45, 7) is 0.326. The Hall–Kier alpha value is -1.89. The summed E-state index contributed by atoms with van der Waals surface area (Å²) in [5.41, 5.74) is 0.946. The van der Waals surface area contributed by atoms with Gasteiger partial charge in [-0.05, 0) is 29.8 Å². The topological polar surface area (TPSA) is 57.4 Å². The van der Waals surface area contributed by atoms with Gasteiger partial charge in [-0.15, -0.1) is 10.2 Å². The predicted octanol–water partition coefficient (Wildman–Crippen LogP) is 5.18. The van der Waals surface area contributed by atoms with Crippen LogP contribution >= 0.6 is 35.0 Å². The second-order valence-corrected chi connectivity index (χ2v) is 7.07. The minimum Gasteiger partial charge on any atom is -0.485 e. The molecule has 25 heavy (non-hydrogen) atoms. The van der Waals surface area contributed by atoms with Crippen LogP contribution in [-0.4, -0.2) is 16.8 Å². The lowest BCUT2D eigenvalue weighted by Gasteiger charge is -2.23. The van der Waals surface area contributed by atoms with Gasteiger partial charge in [-0.3, -0.25) is 0 Å². The molecule has 4 rings (SSSR count). The summed E-state index contributed by atoms with van der Waals surface area (Å²) < 4.78 is 17.2. The van der Waals surface area contributed by atoms with E-state index in [-0.39, 0.29) is 0 Å². The summed E-state index contributed by atoms with van der Waals surface area (Å²) in [5, 5.41) is 9.78. The molecule has 5 nitrogen and oxygen atoms in total. The molecule has 2 heterocycles. The van der Waals surface area contributed by atoms with E-state index >= 15 is 0 Å². The van der Waals surface area contributed by atoms with Crippen molar-refractivity contribution in [2.45, 2.75) is 17.1 Å². The summed E-state index contributed by atoms with van der Waals surface area (Å²) in [4.78, 5) is 0. The molecule has 0 radical (unpaired) electrons. The highest BCUT2D eigenvalue weighted by Gasteiger charge is 2.27. The van der Waals surface area contributed by atoms with E-state index in [0.29, 0.717) is 45.0 Å². The first-order valence-corrected chi connectivity index (χ1v) is 9.22. The number of hydrogen-bond acceptors (Lipinski definition) is 6. The van der Waals surface area contributed by atoms with Gasteiger partial charge in [0.25, 0.3) is 11.1 Å². The molecule has 3 aromatic rings. The molecule has 1 aliphatic rings. The summed E-state index contributed by atoms with van der Waals surface area (Å²) in [6.07, 6.45) is -0.420. The van der Waals surface area contributed by atoms with Gasteiger partial charge >= 0.3 is 0 Å². The number of thioether (sulfide) groups is 1. The van der Waals surface area contributed by atoms with Crippen molar-refractivity contribution in [2.75, 3.05) is 6.61 Å². The Morgan fingerprint density at radius 2 is 1.92 bits per heavy atom. The van der Waals surface area contributed by atoms with E-state index < -0.39 is 6.10 Å². The number of nitrogens with zero attached hydrogens (tertiary/aromatic N) is 2. The van der Waals surface area contributed by atoms with E-state index in [1.54, 1.807) is 12.1 Å². The monoisotopic (exact) mass is 394 g/mol. The zero-order valence-electron chi connectivity index (χ0n) is 12.8. The largest absolute Gasteiger partial charge is 0.485 e. The molecule has 1 aromatic heterocycles. The van der Waals surface area contributed by atoms with Crippen LogP contribution in [-0.2, 0) is 5.75 Å². The zero-order valence-corrected chi connectivity index (χ0v) is 15.1. The van der Waals surface area contributed by atoms with Crippen molar-refractivity contribution in [1.29, 1.82) is 0 Å². The van der Waals surface area contributed by atoms with Gasteiger partial charge in [0.15, 0.2) is 11.5 Å². The Kier molecular flexibility index (Phi) is 4.74. The maximum absolute atomic E-state index is 6.17. The summed E-state index contributed by atoms with van der Waals surface area (Å²) in [7, 11) is 0.